The van der Waals surface area contributed by atoms with Crippen molar-refractivity contribution >= 4 is 5.69 Å². The standard InChI is InChI=1S/C15H24N2O/c1-3-12-18-13-14-4-6-15(7-5-14)17-10-8-16(2)9-11-17/h4-7H,3,8-13H2,1-2H3. The number of benzene rings is 1. The van der Waals surface area contributed by atoms with Gasteiger partial charge in [0.15, 0.2) is 0 Å². The average molecular weight is 248 g/mol. The van der Waals surface area contributed by atoms with Crippen LogP contribution < -0.4 is 4.90 Å². The third-order valence-corrected chi connectivity index (χ3v) is 3.42. The maximum absolute atomic E-state index is 5.55. The van der Waals surface area contributed by atoms with Crippen molar-refractivity contribution in [2.75, 3.05) is 44.7 Å². The lowest BCUT2D eigenvalue weighted by Crippen LogP contribution is -2.44. The van der Waals surface area contributed by atoms with E-state index in [4.69, 9.17) is 4.74 Å². The normalized spacial score (nSPS) is 17.1. The van der Waals surface area contributed by atoms with Gasteiger partial charge in [-0.1, -0.05) is 19.1 Å². The number of piperazine rings is 1. The Balaban J connectivity index is 1.87. The molecule has 1 aliphatic heterocycles. The Hall–Kier alpha value is -1.06. The highest BCUT2D eigenvalue weighted by molar-refractivity contribution is 5.48. The molecule has 1 fully saturated rings. The van der Waals surface area contributed by atoms with Crippen LogP contribution in [0.2, 0.25) is 0 Å². The van der Waals surface area contributed by atoms with Gasteiger partial charge < -0.3 is 14.5 Å². The number of anilines is 1. The van der Waals surface area contributed by atoms with Gasteiger partial charge in [0.2, 0.25) is 0 Å². The molecule has 0 bridgehead atoms. The highest BCUT2D eigenvalue weighted by Gasteiger charge is 2.13. The second-order valence-electron chi connectivity index (χ2n) is 5.01. The molecule has 100 valence electrons. The van der Waals surface area contributed by atoms with Gasteiger partial charge in [0.25, 0.3) is 0 Å². The first kappa shape index (κ1) is 13.4. The molecule has 3 nitrogen and oxygen atoms in total. The summed E-state index contributed by atoms with van der Waals surface area (Å²) in [6.45, 7) is 8.28. The summed E-state index contributed by atoms with van der Waals surface area (Å²) in [4.78, 5) is 4.83. The quantitative estimate of drug-likeness (QED) is 0.744. The van der Waals surface area contributed by atoms with Crippen molar-refractivity contribution in [1.82, 2.24) is 4.90 Å². The zero-order chi connectivity index (χ0) is 12.8. The van der Waals surface area contributed by atoms with Gasteiger partial charge in [0.05, 0.1) is 6.61 Å². The largest absolute Gasteiger partial charge is 0.377 e. The van der Waals surface area contributed by atoms with Crippen molar-refractivity contribution in [3.8, 4) is 0 Å². The molecule has 0 radical (unpaired) electrons. The number of rotatable bonds is 5. The molecule has 1 aromatic carbocycles. The summed E-state index contributed by atoms with van der Waals surface area (Å²) in [5, 5.41) is 0. The molecule has 2 rings (SSSR count). The smallest absolute Gasteiger partial charge is 0.0716 e. The Kier molecular flexibility index (Phi) is 5.02. The fourth-order valence-electron chi connectivity index (χ4n) is 2.20. The van der Waals surface area contributed by atoms with Crippen LogP contribution in [0.25, 0.3) is 0 Å². The van der Waals surface area contributed by atoms with Gasteiger partial charge in [0, 0.05) is 38.5 Å². The second kappa shape index (κ2) is 6.76. The molecule has 0 amide bonds. The van der Waals surface area contributed by atoms with Crippen LogP contribution in [-0.2, 0) is 11.3 Å². The van der Waals surface area contributed by atoms with Crippen LogP contribution in [-0.4, -0.2) is 44.7 Å². The lowest BCUT2D eigenvalue weighted by Gasteiger charge is -2.34. The SMILES string of the molecule is CCCOCc1ccc(N2CCN(C)CC2)cc1. The number of ether oxygens (including phenoxy) is 1. The van der Waals surface area contributed by atoms with E-state index in [2.05, 4.69) is 48.0 Å². The second-order valence-corrected chi connectivity index (χ2v) is 5.01. The van der Waals surface area contributed by atoms with Crippen LogP contribution in [0.3, 0.4) is 0 Å². The minimum Gasteiger partial charge on any atom is -0.377 e. The van der Waals surface area contributed by atoms with Crippen LogP contribution in [0.5, 0.6) is 0 Å². The zero-order valence-corrected chi connectivity index (χ0v) is 11.6. The maximum atomic E-state index is 5.55. The van der Waals surface area contributed by atoms with Gasteiger partial charge in [0.1, 0.15) is 0 Å². The van der Waals surface area contributed by atoms with Crippen LogP contribution in [0, 0.1) is 0 Å². The van der Waals surface area contributed by atoms with Gasteiger partial charge >= 0.3 is 0 Å². The molecule has 1 heterocycles. The van der Waals surface area contributed by atoms with Crippen LogP contribution in [0.15, 0.2) is 24.3 Å². The van der Waals surface area contributed by atoms with E-state index in [1.54, 1.807) is 0 Å². The summed E-state index contributed by atoms with van der Waals surface area (Å²) >= 11 is 0. The monoisotopic (exact) mass is 248 g/mol. The lowest BCUT2D eigenvalue weighted by molar-refractivity contribution is 0.121. The fourth-order valence-corrected chi connectivity index (χ4v) is 2.20. The molecule has 0 spiro atoms. The summed E-state index contributed by atoms with van der Waals surface area (Å²) in [5.41, 5.74) is 2.60. The van der Waals surface area contributed by atoms with Crippen molar-refractivity contribution in [3.05, 3.63) is 29.8 Å². The summed E-state index contributed by atoms with van der Waals surface area (Å²) < 4.78 is 5.55. The summed E-state index contributed by atoms with van der Waals surface area (Å²) in [5.74, 6) is 0. The average Bonchev–Trinajstić information content (AvgIpc) is 2.41. The van der Waals surface area contributed by atoms with E-state index in [-0.39, 0.29) is 0 Å². The number of hydrogen-bond acceptors (Lipinski definition) is 3. The van der Waals surface area contributed by atoms with E-state index >= 15 is 0 Å². The van der Waals surface area contributed by atoms with E-state index in [0.717, 1.165) is 45.8 Å². The third-order valence-electron chi connectivity index (χ3n) is 3.42. The van der Waals surface area contributed by atoms with Gasteiger partial charge in [-0.25, -0.2) is 0 Å². The molecule has 1 aromatic rings. The van der Waals surface area contributed by atoms with Crippen molar-refractivity contribution in [1.29, 1.82) is 0 Å². The van der Waals surface area contributed by atoms with Crippen molar-refractivity contribution in [2.45, 2.75) is 20.0 Å². The van der Waals surface area contributed by atoms with E-state index in [1.165, 1.54) is 11.3 Å². The molecule has 0 aliphatic carbocycles. The molecular formula is C15H24N2O. The van der Waals surface area contributed by atoms with Crippen molar-refractivity contribution in [2.24, 2.45) is 0 Å². The van der Waals surface area contributed by atoms with Gasteiger partial charge in [-0.05, 0) is 31.2 Å². The molecule has 1 saturated heterocycles. The van der Waals surface area contributed by atoms with Crippen LogP contribution in [0.4, 0.5) is 5.69 Å². The zero-order valence-electron chi connectivity index (χ0n) is 11.6. The molecule has 0 saturated carbocycles. The molecule has 18 heavy (non-hydrogen) atoms. The first-order valence-electron chi connectivity index (χ1n) is 6.90. The summed E-state index contributed by atoms with van der Waals surface area (Å²) in [6, 6.07) is 8.80. The Morgan fingerprint density at radius 2 is 1.72 bits per heavy atom. The Labute approximate surface area is 110 Å². The molecule has 1 aliphatic rings. The van der Waals surface area contributed by atoms with E-state index < -0.39 is 0 Å². The molecule has 0 unspecified atom stereocenters. The van der Waals surface area contributed by atoms with Crippen LogP contribution in [0.1, 0.15) is 18.9 Å². The molecule has 3 heteroatoms. The summed E-state index contributed by atoms with van der Waals surface area (Å²) in [7, 11) is 2.19. The third kappa shape index (κ3) is 3.72. The van der Waals surface area contributed by atoms with E-state index in [1.807, 2.05) is 0 Å². The van der Waals surface area contributed by atoms with Gasteiger partial charge in [-0.15, -0.1) is 0 Å². The highest BCUT2D eigenvalue weighted by atomic mass is 16.5. The fraction of sp³-hybridized carbons (Fsp3) is 0.600. The minimum atomic E-state index is 0.733. The van der Waals surface area contributed by atoms with E-state index in [0.29, 0.717) is 0 Å². The molecule has 0 aromatic heterocycles. The number of nitrogens with zero attached hydrogens (tertiary/aromatic N) is 2. The molecule has 0 N–H and O–H groups in total. The van der Waals surface area contributed by atoms with Crippen molar-refractivity contribution in [3.63, 3.8) is 0 Å². The predicted molar refractivity (Wildman–Crippen MR) is 76.1 cm³/mol. The predicted octanol–water partition coefficient (Wildman–Crippen LogP) is 2.37. The molecular weight excluding hydrogens is 224 g/mol. The maximum Gasteiger partial charge on any atom is 0.0716 e. The lowest BCUT2D eigenvalue weighted by atomic mass is 10.2. The number of likely N-dealkylation sites (N-methyl/N-ethyl adjacent to an activating group) is 1. The Morgan fingerprint density at radius 1 is 1.06 bits per heavy atom. The van der Waals surface area contributed by atoms with Crippen LogP contribution >= 0.6 is 0 Å². The highest BCUT2D eigenvalue weighted by Crippen LogP contribution is 2.17. The Bertz CT molecular complexity index is 342. The Morgan fingerprint density at radius 3 is 2.33 bits per heavy atom. The summed E-state index contributed by atoms with van der Waals surface area (Å²) in [6.07, 6.45) is 1.08. The minimum absolute atomic E-state index is 0.733. The molecule has 0 atom stereocenters. The number of hydrogen-bond donors (Lipinski definition) is 0. The topological polar surface area (TPSA) is 15.7 Å². The first-order chi connectivity index (χ1) is 8.79. The van der Waals surface area contributed by atoms with Gasteiger partial charge in [-0.3, -0.25) is 0 Å². The first-order valence-corrected chi connectivity index (χ1v) is 6.90. The van der Waals surface area contributed by atoms with E-state index in [9.17, 15) is 0 Å². The van der Waals surface area contributed by atoms with Crippen molar-refractivity contribution < 1.29 is 4.74 Å². The van der Waals surface area contributed by atoms with Gasteiger partial charge in [-0.2, -0.15) is 0 Å².